The Labute approximate surface area is 153 Å². The van der Waals surface area contributed by atoms with E-state index in [-0.39, 0.29) is 23.5 Å². The monoisotopic (exact) mass is 419 g/mol. The van der Waals surface area contributed by atoms with Crippen LogP contribution in [0.3, 0.4) is 0 Å². The summed E-state index contributed by atoms with van der Waals surface area (Å²) in [7, 11) is -3.28. The minimum Gasteiger partial charge on any atom is -0.451 e. The maximum absolute atomic E-state index is 12.6. The number of carbonyl (C=O) groups excluding carboxylic acids is 1. The van der Waals surface area contributed by atoms with Crippen LogP contribution in [0.4, 0.5) is 0 Å². The van der Waals surface area contributed by atoms with Crippen LogP contribution < -0.4 is 5.32 Å². The number of benzene rings is 2. The molecule has 1 amide bonds. The number of amides is 1. The van der Waals surface area contributed by atoms with Crippen molar-refractivity contribution < 1.29 is 17.6 Å². The molecule has 3 aromatic rings. The third-order valence-corrected chi connectivity index (χ3v) is 6.62. The molecule has 0 fully saturated rings. The number of fused-ring (bicyclic) bond motifs is 2. The van der Waals surface area contributed by atoms with E-state index in [1.807, 2.05) is 12.1 Å². The van der Waals surface area contributed by atoms with Crippen LogP contribution >= 0.6 is 15.9 Å². The van der Waals surface area contributed by atoms with Gasteiger partial charge < -0.3 is 9.73 Å². The van der Waals surface area contributed by atoms with Crippen molar-refractivity contribution in [3.8, 4) is 0 Å². The van der Waals surface area contributed by atoms with Gasteiger partial charge in [-0.05, 0) is 42.3 Å². The van der Waals surface area contributed by atoms with Gasteiger partial charge in [-0.25, -0.2) is 8.42 Å². The Bertz CT molecular complexity index is 1090. The zero-order valence-corrected chi connectivity index (χ0v) is 15.4. The molecule has 0 spiro atoms. The van der Waals surface area contributed by atoms with Gasteiger partial charge in [-0.2, -0.15) is 0 Å². The maximum atomic E-state index is 12.6. The maximum Gasteiger partial charge on any atom is 0.287 e. The van der Waals surface area contributed by atoms with Crippen molar-refractivity contribution in [2.24, 2.45) is 0 Å². The normalized spacial score (nSPS) is 18.7. The fourth-order valence-corrected chi connectivity index (χ4v) is 5.10. The highest BCUT2D eigenvalue weighted by Gasteiger charge is 2.31. The SMILES string of the molecule is O=C(NC1CCS(=O)(=O)c2ccccc21)c1cc2cc(Br)ccc2o1. The smallest absolute Gasteiger partial charge is 0.287 e. The molecule has 1 atom stereocenters. The predicted molar refractivity (Wildman–Crippen MR) is 97.2 cm³/mol. The largest absolute Gasteiger partial charge is 0.451 e. The lowest BCUT2D eigenvalue weighted by molar-refractivity contribution is 0.0908. The third kappa shape index (κ3) is 2.98. The Kier molecular flexibility index (Phi) is 3.92. The van der Waals surface area contributed by atoms with Gasteiger partial charge in [0.1, 0.15) is 5.58 Å². The first-order valence-electron chi connectivity index (χ1n) is 7.76. The van der Waals surface area contributed by atoms with E-state index in [1.54, 1.807) is 36.4 Å². The van der Waals surface area contributed by atoms with Gasteiger partial charge in [-0.3, -0.25) is 4.79 Å². The van der Waals surface area contributed by atoms with Crippen LogP contribution in [0.25, 0.3) is 11.0 Å². The Morgan fingerprint density at radius 1 is 1.16 bits per heavy atom. The lowest BCUT2D eigenvalue weighted by Gasteiger charge is -2.25. The number of halogens is 1. The van der Waals surface area contributed by atoms with Gasteiger partial charge in [0.15, 0.2) is 15.6 Å². The van der Waals surface area contributed by atoms with Crippen LogP contribution in [0.5, 0.6) is 0 Å². The molecule has 4 rings (SSSR count). The summed E-state index contributed by atoms with van der Waals surface area (Å²) in [5.74, 6) is -0.132. The average molecular weight is 420 g/mol. The highest BCUT2D eigenvalue weighted by molar-refractivity contribution is 9.10. The summed E-state index contributed by atoms with van der Waals surface area (Å²) in [6.07, 6.45) is 0.344. The van der Waals surface area contributed by atoms with Gasteiger partial charge in [0, 0.05) is 9.86 Å². The van der Waals surface area contributed by atoms with Crippen LogP contribution in [0.15, 0.2) is 62.3 Å². The molecule has 2 aromatic carbocycles. The second-order valence-corrected chi connectivity index (χ2v) is 8.96. The number of carbonyl (C=O) groups is 1. The third-order valence-electron chi connectivity index (χ3n) is 4.31. The minimum absolute atomic E-state index is 0.0159. The summed E-state index contributed by atoms with van der Waals surface area (Å²) < 4.78 is 30.9. The van der Waals surface area contributed by atoms with E-state index < -0.39 is 9.84 Å². The quantitative estimate of drug-likeness (QED) is 0.684. The van der Waals surface area contributed by atoms with E-state index in [4.69, 9.17) is 4.42 Å². The van der Waals surface area contributed by atoms with Gasteiger partial charge >= 0.3 is 0 Å². The number of nitrogens with one attached hydrogen (secondary N) is 1. The van der Waals surface area contributed by atoms with E-state index in [2.05, 4.69) is 21.2 Å². The molecule has 1 aliphatic rings. The molecule has 1 unspecified atom stereocenters. The molecule has 128 valence electrons. The molecule has 5 nitrogen and oxygen atoms in total. The minimum atomic E-state index is -3.28. The first-order chi connectivity index (χ1) is 11.9. The molecule has 25 heavy (non-hydrogen) atoms. The van der Waals surface area contributed by atoms with Gasteiger partial charge in [-0.1, -0.05) is 34.1 Å². The standard InChI is InChI=1S/C18H14BrNO4S/c19-12-5-6-15-11(9-12)10-16(24-15)18(21)20-14-7-8-25(22,23)17-4-2-1-3-13(14)17/h1-6,9-10,14H,7-8H2,(H,20,21). The van der Waals surface area contributed by atoms with Crippen LogP contribution in [-0.4, -0.2) is 20.1 Å². The first kappa shape index (κ1) is 16.4. The fraction of sp³-hybridized carbons (Fsp3) is 0.167. The molecule has 2 heterocycles. The summed E-state index contributed by atoms with van der Waals surface area (Å²) in [6.45, 7) is 0. The first-order valence-corrected chi connectivity index (χ1v) is 10.2. The Balaban J connectivity index is 1.64. The van der Waals surface area contributed by atoms with Crippen molar-refractivity contribution in [1.29, 1.82) is 0 Å². The number of sulfone groups is 1. The molecule has 0 aliphatic carbocycles. The summed E-state index contributed by atoms with van der Waals surface area (Å²) in [5.41, 5.74) is 1.25. The van der Waals surface area contributed by atoms with Crippen molar-refractivity contribution in [3.63, 3.8) is 0 Å². The Morgan fingerprint density at radius 3 is 2.80 bits per heavy atom. The van der Waals surface area contributed by atoms with Crippen LogP contribution in [0, 0.1) is 0 Å². The van der Waals surface area contributed by atoms with Gasteiger partial charge in [0.25, 0.3) is 5.91 Å². The topological polar surface area (TPSA) is 76.4 Å². The summed E-state index contributed by atoms with van der Waals surface area (Å²) >= 11 is 3.39. The van der Waals surface area contributed by atoms with E-state index in [0.29, 0.717) is 22.5 Å². The molecule has 0 saturated carbocycles. The molecule has 1 aromatic heterocycles. The van der Waals surface area contributed by atoms with Crippen LogP contribution in [0.1, 0.15) is 28.6 Å². The van der Waals surface area contributed by atoms with Crippen molar-refractivity contribution in [2.45, 2.75) is 17.4 Å². The zero-order valence-electron chi connectivity index (χ0n) is 13.0. The molecular formula is C18H14BrNO4S. The van der Waals surface area contributed by atoms with E-state index in [0.717, 1.165) is 9.86 Å². The molecule has 0 radical (unpaired) electrons. The van der Waals surface area contributed by atoms with Crippen molar-refractivity contribution in [2.75, 3.05) is 5.75 Å². The van der Waals surface area contributed by atoms with E-state index in [1.165, 1.54) is 0 Å². The summed E-state index contributed by atoms with van der Waals surface area (Å²) in [6, 6.07) is 13.6. The van der Waals surface area contributed by atoms with Crippen molar-refractivity contribution in [1.82, 2.24) is 5.32 Å². The Morgan fingerprint density at radius 2 is 1.96 bits per heavy atom. The molecule has 1 aliphatic heterocycles. The van der Waals surface area contributed by atoms with E-state index in [9.17, 15) is 13.2 Å². The van der Waals surface area contributed by atoms with Gasteiger partial charge in [0.05, 0.1) is 16.7 Å². The van der Waals surface area contributed by atoms with Crippen LogP contribution in [0.2, 0.25) is 0 Å². The number of furan rings is 1. The summed E-state index contributed by atoms with van der Waals surface area (Å²) in [4.78, 5) is 12.9. The molecular weight excluding hydrogens is 406 g/mol. The Hall–Kier alpha value is -2.12. The lowest BCUT2D eigenvalue weighted by Crippen LogP contribution is -2.33. The second-order valence-electron chi connectivity index (χ2n) is 5.96. The fourth-order valence-electron chi connectivity index (χ4n) is 3.10. The molecule has 0 bridgehead atoms. The van der Waals surface area contributed by atoms with Gasteiger partial charge in [-0.15, -0.1) is 0 Å². The number of hydrogen-bond acceptors (Lipinski definition) is 4. The highest BCUT2D eigenvalue weighted by Crippen LogP contribution is 2.32. The lowest BCUT2D eigenvalue weighted by atomic mass is 10.0. The average Bonchev–Trinajstić information content (AvgIpc) is 3.01. The number of rotatable bonds is 2. The second kappa shape index (κ2) is 6.00. The van der Waals surface area contributed by atoms with E-state index >= 15 is 0 Å². The summed E-state index contributed by atoms with van der Waals surface area (Å²) in [5, 5.41) is 3.72. The van der Waals surface area contributed by atoms with Gasteiger partial charge in [0.2, 0.25) is 0 Å². The highest BCUT2D eigenvalue weighted by atomic mass is 79.9. The predicted octanol–water partition coefficient (Wildman–Crippen LogP) is 3.84. The van der Waals surface area contributed by atoms with Crippen molar-refractivity contribution in [3.05, 3.63) is 64.3 Å². The number of hydrogen-bond donors (Lipinski definition) is 1. The van der Waals surface area contributed by atoms with Crippen LogP contribution in [-0.2, 0) is 9.84 Å². The molecule has 1 N–H and O–H groups in total. The molecule has 7 heteroatoms. The van der Waals surface area contributed by atoms with Crippen molar-refractivity contribution >= 4 is 42.6 Å². The zero-order chi connectivity index (χ0) is 17.6. The molecule has 0 saturated heterocycles.